The fraction of sp³-hybridized carbons (Fsp3) is 0.543. The van der Waals surface area contributed by atoms with Crippen molar-refractivity contribution in [3.63, 3.8) is 0 Å². The number of hydrogen-bond donors (Lipinski definition) is 8. The van der Waals surface area contributed by atoms with Gasteiger partial charge in [0.05, 0.1) is 22.4 Å². The summed E-state index contributed by atoms with van der Waals surface area (Å²) in [5.74, 6) is 2.23. The van der Waals surface area contributed by atoms with E-state index in [2.05, 4.69) is 65.9 Å². The third kappa shape index (κ3) is 14.4. The Balaban J connectivity index is 0.000000135. The number of likely N-dealkylation sites (N-methyl/N-ethyl adjacent to an activating group) is 2. The van der Waals surface area contributed by atoms with Crippen LogP contribution < -0.4 is 46.5 Å². The summed E-state index contributed by atoms with van der Waals surface area (Å²) in [5.41, 5.74) is 7.28. The number of carbonyl (C=O) groups excluding carboxylic acids is 4. The predicted molar refractivity (Wildman–Crippen MR) is 372 cm³/mol. The highest BCUT2D eigenvalue weighted by molar-refractivity contribution is 7.89. The normalized spacial score (nSPS) is 31.4. The van der Waals surface area contributed by atoms with Crippen molar-refractivity contribution in [3.8, 4) is 5.75 Å². The highest BCUT2D eigenvalue weighted by atomic mass is 32.2. The fourth-order valence-corrected chi connectivity index (χ4v) is 21.4. The van der Waals surface area contributed by atoms with Crippen LogP contribution in [0.4, 0.5) is 32.6 Å². The van der Waals surface area contributed by atoms with E-state index in [1.165, 1.54) is 69.9 Å². The molecule has 8 aliphatic carbocycles. The second-order valence-electron chi connectivity index (χ2n) is 30.0. The number of nitrogens with zero attached hydrogens (tertiary/aromatic N) is 8. The van der Waals surface area contributed by atoms with Gasteiger partial charge in [0.1, 0.15) is 42.8 Å². The first kappa shape index (κ1) is 70.3. The third-order valence-electron chi connectivity index (χ3n) is 21.3. The van der Waals surface area contributed by atoms with E-state index in [1.54, 1.807) is 104 Å². The molecule has 4 aliphatic heterocycles. The molecule has 4 saturated heterocycles. The summed E-state index contributed by atoms with van der Waals surface area (Å²) in [7, 11) is -7.29. The molecule has 31 nitrogen and oxygen atoms in total. The molecule has 0 unspecified atom stereocenters. The molecule has 19 rings (SSSR count). The van der Waals surface area contributed by atoms with E-state index in [4.69, 9.17) is 38.9 Å². The van der Waals surface area contributed by atoms with Gasteiger partial charge in [-0.05, 0) is 203 Å². The van der Waals surface area contributed by atoms with E-state index in [1.807, 2.05) is 19.9 Å². The predicted octanol–water partition coefficient (Wildman–Crippen LogP) is 7.78. The molecule has 103 heavy (non-hydrogen) atoms. The van der Waals surface area contributed by atoms with Gasteiger partial charge in [0.25, 0.3) is 11.8 Å². The number of ether oxygens (including phenoxy) is 7. The topological polar surface area (TPSA) is 399 Å². The van der Waals surface area contributed by atoms with E-state index in [9.17, 15) is 36.0 Å². The van der Waals surface area contributed by atoms with Gasteiger partial charge in [-0.1, -0.05) is 30.3 Å². The molecule has 8 atom stereocenters. The van der Waals surface area contributed by atoms with Crippen molar-refractivity contribution in [1.82, 2.24) is 59.1 Å². The second kappa shape index (κ2) is 27.3. The Kier molecular flexibility index (Phi) is 18.6. The Morgan fingerprint density at radius 2 is 0.951 bits per heavy atom. The van der Waals surface area contributed by atoms with Crippen molar-refractivity contribution in [2.24, 2.45) is 35.5 Å². The molecule has 7 aromatic rings. The van der Waals surface area contributed by atoms with Crippen LogP contribution in [-0.2, 0) is 58.1 Å². The number of carbonyl (C=O) groups is 4. The summed E-state index contributed by atoms with van der Waals surface area (Å²) in [6, 6.07) is 20.8. The van der Waals surface area contributed by atoms with Gasteiger partial charge >= 0.3 is 12.1 Å². The van der Waals surface area contributed by atoms with Gasteiger partial charge in [0, 0.05) is 35.5 Å². The zero-order valence-corrected chi connectivity index (χ0v) is 59.5. The van der Waals surface area contributed by atoms with E-state index in [-0.39, 0.29) is 44.9 Å². The highest BCUT2D eigenvalue weighted by Crippen LogP contribution is 2.58. The lowest BCUT2D eigenvalue weighted by Crippen LogP contribution is -2.59. The van der Waals surface area contributed by atoms with Crippen molar-refractivity contribution in [2.45, 2.75) is 200 Å². The average molecular weight is 1460 g/mol. The average Bonchev–Trinajstić information content (AvgIpc) is 1.60. The van der Waals surface area contributed by atoms with E-state index in [0.29, 0.717) is 69.7 Å². The van der Waals surface area contributed by atoms with Crippen molar-refractivity contribution in [2.75, 3.05) is 34.8 Å². The summed E-state index contributed by atoms with van der Waals surface area (Å²) < 4.78 is 104. The molecule has 0 radical (unpaired) electrons. The number of nitrogen functional groups attached to an aromatic ring is 1. The van der Waals surface area contributed by atoms with Gasteiger partial charge in [0.15, 0.2) is 70.2 Å². The van der Waals surface area contributed by atoms with Crippen molar-refractivity contribution in [3.05, 3.63) is 104 Å². The minimum atomic E-state index is -3.81. The molecule has 0 spiro atoms. The minimum Gasteiger partial charge on any atom is -0.410 e. The first-order valence-corrected chi connectivity index (χ1v) is 38.3. The van der Waals surface area contributed by atoms with Gasteiger partial charge in [-0.3, -0.25) is 29.4 Å². The Hall–Kier alpha value is -8.38. The second-order valence-corrected chi connectivity index (χ2v) is 33.4. The van der Waals surface area contributed by atoms with Gasteiger partial charge in [0.2, 0.25) is 20.0 Å². The number of hydrogen-bond acceptors (Lipinski definition) is 22. The molecule has 4 aromatic heterocycles. The summed E-state index contributed by atoms with van der Waals surface area (Å²) >= 11 is 0. The number of imidazole rings is 2. The molecule has 8 bridgehead atoms. The monoisotopic (exact) mass is 1450 g/mol. The maximum atomic E-state index is 13.6. The van der Waals surface area contributed by atoms with Crippen LogP contribution in [0.15, 0.2) is 114 Å². The van der Waals surface area contributed by atoms with Crippen LogP contribution in [0.5, 0.6) is 5.75 Å². The van der Waals surface area contributed by atoms with Crippen LogP contribution in [-0.4, -0.2) is 152 Å². The smallest absolute Gasteiger partial charge is 0.410 e. The Morgan fingerprint density at radius 1 is 0.524 bits per heavy atom. The number of aromatic nitrogens is 8. The van der Waals surface area contributed by atoms with E-state index in [0.717, 1.165) is 56.3 Å². The number of para-hydroxylation sites is 1. The number of urea groups is 1. The number of nitrogens with two attached hydrogens (primary N) is 1. The number of fused-ring (bicyclic) bond motifs is 4. The third-order valence-corrected chi connectivity index (χ3v) is 24.5. The molecule has 33 heteroatoms. The fourth-order valence-electron chi connectivity index (χ4n) is 18.4. The molecule has 5 amide bonds. The van der Waals surface area contributed by atoms with Gasteiger partial charge in [-0.2, -0.15) is 0 Å². The quantitative estimate of drug-likeness (QED) is 0.0428. The van der Waals surface area contributed by atoms with Crippen LogP contribution in [0, 0.1) is 35.5 Å². The molecule has 12 fully saturated rings. The number of rotatable bonds is 16. The number of anilines is 4. The first-order chi connectivity index (χ1) is 49.2. The zero-order valence-electron chi connectivity index (χ0n) is 57.9. The zero-order chi connectivity index (χ0) is 72.0. The van der Waals surface area contributed by atoms with Crippen LogP contribution in [0.3, 0.4) is 0 Å². The van der Waals surface area contributed by atoms with Crippen LogP contribution in [0.25, 0.3) is 22.3 Å². The number of sulfonamides is 2. The van der Waals surface area contributed by atoms with Crippen LogP contribution >= 0.6 is 0 Å². The van der Waals surface area contributed by atoms with Crippen molar-refractivity contribution < 1.29 is 69.2 Å². The van der Waals surface area contributed by atoms with Crippen molar-refractivity contribution >= 4 is 89.3 Å². The largest absolute Gasteiger partial charge is 0.418 e. The molecule has 12 aliphatic rings. The molecular formula is C70H86N16O15S2. The Bertz CT molecular complexity index is 4570. The highest BCUT2D eigenvalue weighted by Gasteiger charge is 2.61. The summed E-state index contributed by atoms with van der Waals surface area (Å²) in [6.07, 6.45) is 12.4. The number of benzene rings is 3. The molecular weight excluding hydrogens is 1370 g/mol. The van der Waals surface area contributed by atoms with Crippen LogP contribution in [0.1, 0.15) is 131 Å². The summed E-state index contributed by atoms with van der Waals surface area (Å²) in [4.78, 5) is 77.2. The van der Waals surface area contributed by atoms with Crippen LogP contribution in [0.2, 0.25) is 0 Å². The van der Waals surface area contributed by atoms with Gasteiger partial charge in [-0.25, -0.2) is 65.8 Å². The van der Waals surface area contributed by atoms with Crippen molar-refractivity contribution in [1.29, 1.82) is 0 Å². The lowest BCUT2D eigenvalue weighted by molar-refractivity contribution is -0.198. The van der Waals surface area contributed by atoms with Gasteiger partial charge in [-0.15, -0.1) is 0 Å². The number of amides is 5. The SMILES string of the molecule is CCNC(=O)[C@H]1O[C@@H](n2cnc3c(NC(=O)Nc4cccc(S(=O)(=O)NC56CC7CC(CC(C7)C5)C6)c4)ncnc32)[C@@H]2OC(C)(C)O[C@@H]21.CCNC(=O)[C@H]1O[C@@H](n2cnc3c(NC(=O)Oc4ccccc4)ncnc32)[C@@H]2OC(C)(C)O[C@@H]21.Nc1cccc(S(=O)(=O)NC23CC4CC(CC(C4)C2)C3)c1. The Morgan fingerprint density at radius 3 is 1.40 bits per heavy atom. The standard InChI is InChI=1S/C32H40N8O7S.C22H24N6O6.C16H22N2O2S/c1-4-33-28(41)24-23-25(47-31(2,3)46-23)29(45-24)40-16-36-22-26(34-15-35-27(22)40)38-30(42)37-20-6-5-7-21(11-20)48(43,44)39-32-12-17-8-18(13-32)10-19(9-17)14-32;1-4-23-19(29)15-14-16(34-22(2,3)33-14)20(32-15)28-11-26-13-17(24-10-25-18(13)28)27-21(30)31-12-8-6-5-7-9-12;17-14-2-1-3-15(7-14)21(19,20)18-16-8-11-4-12(9-16)6-13(5-11)10-16/h5-7,11,15-19,23-25,29,39H,4,8-10,12-14H2,1-3H3,(H,33,41)(H2,34,35,37,38,42);5-11,14-16,20H,4H2,1-3H3,(H,23,29)(H,24,25,27,30);1-3,7,11-13,18H,4-6,8-10,17H2/t17?,18?,19?,23-,24+,25-,29-,32?;14-,15+,16-,20-;/m11./s1. The molecule has 8 saturated carbocycles. The lowest BCUT2D eigenvalue weighted by Gasteiger charge is -2.56. The maximum absolute atomic E-state index is 13.6. The van der Waals surface area contributed by atoms with E-state index >= 15 is 0 Å². The molecule has 548 valence electrons. The van der Waals surface area contributed by atoms with Gasteiger partial charge < -0.3 is 54.8 Å². The molecule has 3 aromatic carbocycles. The first-order valence-electron chi connectivity index (χ1n) is 35.3. The molecule has 9 N–H and O–H groups in total. The summed E-state index contributed by atoms with van der Waals surface area (Å²) in [5, 5.41) is 13.6. The Labute approximate surface area is 595 Å². The van der Waals surface area contributed by atoms with E-state index < -0.39 is 92.8 Å². The molecule has 8 heterocycles. The number of nitrogens with one attached hydrogen (secondary N) is 7. The maximum Gasteiger partial charge on any atom is 0.418 e. The lowest BCUT2D eigenvalue weighted by atomic mass is 9.53. The minimum absolute atomic E-state index is 0.0984. The summed E-state index contributed by atoms with van der Waals surface area (Å²) in [6.45, 7) is 11.7.